The summed E-state index contributed by atoms with van der Waals surface area (Å²) in [6.45, 7) is 14.1. The predicted octanol–water partition coefficient (Wildman–Crippen LogP) is 3.17. The second-order valence-corrected chi connectivity index (χ2v) is 12.3. The van der Waals surface area contributed by atoms with E-state index in [1.54, 1.807) is 6.92 Å². The topological polar surface area (TPSA) is 143 Å². The number of carbonyl (C=O) groups is 2. The van der Waals surface area contributed by atoms with Crippen molar-refractivity contribution >= 4 is 36.2 Å². The number of carboxylic acids is 1. The number of ether oxygens (including phenoxy) is 1. The fourth-order valence-corrected chi connectivity index (χ4v) is 7.36. The van der Waals surface area contributed by atoms with Gasteiger partial charge in [-0.3, -0.25) is 9.59 Å². The summed E-state index contributed by atoms with van der Waals surface area (Å²) >= 11 is 0. The average molecular weight is 585 g/mol. The molecule has 6 N–H and O–H groups in total. The van der Waals surface area contributed by atoms with E-state index in [0.717, 1.165) is 67.7 Å². The maximum absolute atomic E-state index is 12.6. The van der Waals surface area contributed by atoms with Gasteiger partial charge in [-0.15, -0.1) is 0 Å². The minimum Gasteiger partial charge on any atom is -0.481 e. The highest BCUT2D eigenvalue weighted by atomic mass is 16.6. The molecule has 9 heteroatoms. The first-order valence-corrected chi connectivity index (χ1v) is 15.0. The summed E-state index contributed by atoms with van der Waals surface area (Å²) in [6, 6.07) is -0.457. The number of fused-ring (bicyclic) bond motifs is 9. The first kappa shape index (κ1) is 28.9. The number of aliphatic hydroxyl groups is 1. The molecule has 0 aliphatic carbocycles. The second kappa shape index (κ2) is 10.2. The third-order valence-corrected chi connectivity index (χ3v) is 9.98. The maximum atomic E-state index is 12.6. The van der Waals surface area contributed by atoms with E-state index in [4.69, 9.17) is 4.74 Å². The zero-order chi connectivity index (χ0) is 30.8. The molecular weight excluding hydrogens is 544 g/mol. The fraction of sp³-hybridized carbons (Fsp3) is 0.412. The first-order valence-electron chi connectivity index (χ1n) is 15.0. The SMILES string of the molecule is C=Cc1c(C)/c2[nH]/c1=C\c1[nH]c(c(CC)c1C)CC1N/C(=C\c3[nH]c(c(C)c3CCC(=O)O)\C=2)C2(CCC(=O)O2)C1(C)O. The van der Waals surface area contributed by atoms with E-state index in [-0.39, 0.29) is 18.8 Å². The van der Waals surface area contributed by atoms with Gasteiger partial charge in [-0.05, 0) is 86.6 Å². The van der Waals surface area contributed by atoms with E-state index in [9.17, 15) is 19.8 Å². The molecule has 3 atom stereocenters. The summed E-state index contributed by atoms with van der Waals surface area (Å²) in [6.07, 6.45) is 10.1. The number of carbonyl (C=O) groups excluding carboxylic acids is 1. The standard InChI is InChI=1S/C34H40N4O5/c1-7-20-17(3)23-13-24-19(5)22(9-10-31(39)40)28(37-24)16-30-34(12-11-32(41)43-34)33(6,42)29(38-30)15-27-21(8-2)18(4)25(36-27)14-26(20)35-23/h7,13-14,16,29,35-38,42H,1,8-12,15H2,2-6H3,(H,39,40)/b23-13-,26-14-,30-16-. The molecule has 226 valence electrons. The molecule has 0 amide bonds. The molecule has 6 rings (SSSR count). The van der Waals surface area contributed by atoms with E-state index in [2.05, 4.69) is 53.7 Å². The number of esters is 1. The number of hydrogen-bond acceptors (Lipinski definition) is 5. The van der Waals surface area contributed by atoms with E-state index < -0.39 is 23.2 Å². The summed E-state index contributed by atoms with van der Waals surface area (Å²) in [4.78, 5) is 35.0. The number of aliphatic carboxylic acids is 1. The molecule has 43 heavy (non-hydrogen) atoms. The summed E-state index contributed by atoms with van der Waals surface area (Å²) < 4.78 is 6.01. The Morgan fingerprint density at radius 1 is 1.05 bits per heavy atom. The third kappa shape index (κ3) is 4.40. The summed E-state index contributed by atoms with van der Waals surface area (Å²) in [5.74, 6) is -1.23. The molecule has 0 saturated carbocycles. The Morgan fingerprint density at radius 2 is 1.74 bits per heavy atom. The molecule has 2 saturated heterocycles. The quantitative estimate of drug-likeness (QED) is 0.254. The van der Waals surface area contributed by atoms with E-state index in [1.807, 2.05) is 25.2 Å². The highest BCUT2D eigenvalue weighted by molar-refractivity contribution is 5.76. The van der Waals surface area contributed by atoms with Crippen molar-refractivity contribution in [2.24, 2.45) is 0 Å². The lowest BCUT2D eigenvalue weighted by molar-refractivity contribution is -0.163. The van der Waals surface area contributed by atoms with Crippen LogP contribution < -0.4 is 16.0 Å². The number of carboxylic acid groups (broad SMARTS) is 1. The van der Waals surface area contributed by atoms with Crippen LogP contribution in [0.5, 0.6) is 0 Å². The number of aromatic nitrogens is 3. The van der Waals surface area contributed by atoms with Crippen LogP contribution in [0, 0.1) is 20.8 Å². The Labute approximate surface area is 250 Å². The zero-order valence-corrected chi connectivity index (χ0v) is 25.5. The molecule has 3 aliphatic rings. The van der Waals surface area contributed by atoms with Gasteiger partial charge in [-0.25, -0.2) is 0 Å². The fourth-order valence-electron chi connectivity index (χ4n) is 7.36. The summed E-state index contributed by atoms with van der Waals surface area (Å²) in [5.41, 5.74) is 7.75. The van der Waals surface area contributed by atoms with E-state index in [0.29, 0.717) is 25.0 Å². The van der Waals surface area contributed by atoms with Gasteiger partial charge in [-0.2, -0.15) is 0 Å². The van der Waals surface area contributed by atoms with Gasteiger partial charge >= 0.3 is 11.9 Å². The van der Waals surface area contributed by atoms with Crippen LogP contribution in [0.4, 0.5) is 0 Å². The lowest BCUT2D eigenvalue weighted by Crippen LogP contribution is -2.54. The van der Waals surface area contributed by atoms with Crippen LogP contribution in [0.15, 0.2) is 12.3 Å². The Kier molecular flexibility index (Phi) is 6.84. The van der Waals surface area contributed by atoms with Crippen LogP contribution in [0.2, 0.25) is 0 Å². The second-order valence-electron chi connectivity index (χ2n) is 12.3. The zero-order valence-electron chi connectivity index (χ0n) is 25.5. The van der Waals surface area contributed by atoms with Crippen LogP contribution in [0.1, 0.15) is 89.3 Å². The van der Waals surface area contributed by atoms with Crippen LogP contribution in [0.3, 0.4) is 0 Å². The van der Waals surface area contributed by atoms with Crippen LogP contribution in [-0.2, 0) is 33.6 Å². The first-order chi connectivity index (χ1) is 20.4. The Hall–Kier alpha value is -4.24. The number of nitrogens with one attached hydrogen (secondary N) is 4. The predicted molar refractivity (Wildman–Crippen MR) is 166 cm³/mol. The van der Waals surface area contributed by atoms with Gasteiger partial charge in [0, 0.05) is 64.7 Å². The normalized spacial score (nSPS) is 27.1. The minimum absolute atomic E-state index is 0.0302. The van der Waals surface area contributed by atoms with Crippen LogP contribution in [-0.4, -0.2) is 54.3 Å². The Bertz CT molecular complexity index is 1830. The van der Waals surface area contributed by atoms with Gasteiger partial charge in [0.1, 0.15) is 5.60 Å². The number of aromatic amines is 3. The molecule has 9 nitrogen and oxygen atoms in total. The monoisotopic (exact) mass is 584 g/mol. The molecule has 1 spiro atoms. The van der Waals surface area contributed by atoms with Crippen molar-refractivity contribution in [3.05, 3.63) is 79.1 Å². The Balaban J connectivity index is 1.67. The number of hydrogen-bond donors (Lipinski definition) is 6. The average Bonchev–Trinajstić information content (AvgIpc) is 3.69. The van der Waals surface area contributed by atoms with Gasteiger partial charge in [-0.1, -0.05) is 19.6 Å². The van der Waals surface area contributed by atoms with E-state index >= 15 is 0 Å². The van der Waals surface area contributed by atoms with Gasteiger partial charge in [0.2, 0.25) is 0 Å². The largest absolute Gasteiger partial charge is 0.481 e. The van der Waals surface area contributed by atoms with Gasteiger partial charge in [0.05, 0.1) is 11.7 Å². The van der Waals surface area contributed by atoms with Crippen molar-refractivity contribution in [3.63, 3.8) is 0 Å². The van der Waals surface area contributed by atoms with Crippen LogP contribution in [0.25, 0.3) is 24.3 Å². The van der Waals surface area contributed by atoms with Crippen molar-refractivity contribution < 1.29 is 24.5 Å². The molecule has 3 aromatic heterocycles. The molecule has 8 bridgehead atoms. The lowest BCUT2D eigenvalue weighted by Gasteiger charge is -2.37. The summed E-state index contributed by atoms with van der Waals surface area (Å²) in [5, 5.41) is 27.1. The van der Waals surface area contributed by atoms with Crippen LogP contribution >= 0.6 is 0 Å². The van der Waals surface area contributed by atoms with Crippen molar-refractivity contribution in [2.75, 3.05) is 0 Å². The molecule has 3 aliphatic heterocycles. The summed E-state index contributed by atoms with van der Waals surface area (Å²) in [7, 11) is 0. The van der Waals surface area contributed by atoms with Crippen molar-refractivity contribution in [1.29, 1.82) is 0 Å². The lowest BCUT2D eigenvalue weighted by atomic mass is 9.77. The smallest absolute Gasteiger partial charge is 0.307 e. The highest BCUT2D eigenvalue weighted by Gasteiger charge is 2.64. The number of H-pyrrole nitrogens is 3. The maximum Gasteiger partial charge on any atom is 0.307 e. The van der Waals surface area contributed by atoms with Crippen molar-refractivity contribution in [3.8, 4) is 0 Å². The van der Waals surface area contributed by atoms with Crippen molar-refractivity contribution in [1.82, 2.24) is 20.3 Å². The number of rotatable bonds is 5. The molecule has 3 aromatic rings. The molecule has 2 fully saturated rings. The molecule has 0 aromatic carbocycles. The third-order valence-electron chi connectivity index (χ3n) is 9.98. The minimum atomic E-state index is -1.41. The molecular formula is C34H40N4O5. The Morgan fingerprint density at radius 3 is 2.40 bits per heavy atom. The molecule has 0 radical (unpaired) electrons. The van der Waals surface area contributed by atoms with Crippen molar-refractivity contribution in [2.45, 2.75) is 90.4 Å². The molecule has 3 unspecified atom stereocenters. The highest BCUT2D eigenvalue weighted by Crippen LogP contribution is 2.49. The van der Waals surface area contributed by atoms with Gasteiger partial charge in [0.15, 0.2) is 5.60 Å². The van der Waals surface area contributed by atoms with E-state index in [1.165, 1.54) is 5.56 Å². The molecule has 6 heterocycles. The van der Waals surface area contributed by atoms with Gasteiger partial charge < -0.3 is 35.2 Å². The van der Waals surface area contributed by atoms with Gasteiger partial charge in [0.25, 0.3) is 0 Å².